The number of hydrogen-bond acceptors (Lipinski definition) is 7. The Bertz CT molecular complexity index is 1060. The predicted octanol–water partition coefficient (Wildman–Crippen LogP) is 3.65. The summed E-state index contributed by atoms with van der Waals surface area (Å²) in [5.74, 6) is 0.480. The molecular weight excluding hydrogens is 432 g/mol. The lowest BCUT2D eigenvalue weighted by atomic mass is 10.2. The van der Waals surface area contributed by atoms with E-state index >= 15 is 0 Å². The number of hydrogen-bond donors (Lipinski definition) is 1. The first-order valence-electron chi connectivity index (χ1n) is 9.01. The summed E-state index contributed by atoms with van der Waals surface area (Å²) in [4.78, 5) is 6.20. The third kappa shape index (κ3) is 5.05. The Hall–Kier alpha value is -2.20. The molecule has 0 radical (unpaired) electrons. The Morgan fingerprint density at radius 1 is 1.24 bits per heavy atom. The van der Waals surface area contributed by atoms with Gasteiger partial charge in [0.1, 0.15) is 18.2 Å². The smallest absolute Gasteiger partial charge is 0.263 e. The lowest BCUT2D eigenvalue weighted by Gasteiger charge is -2.18. The van der Waals surface area contributed by atoms with E-state index in [1.165, 1.54) is 24.0 Å². The van der Waals surface area contributed by atoms with Crippen LogP contribution >= 0.6 is 23.1 Å². The van der Waals surface area contributed by atoms with Crippen LogP contribution in [0.25, 0.3) is 0 Å². The van der Waals surface area contributed by atoms with E-state index in [0.717, 1.165) is 37.6 Å². The van der Waals surface area contributed by atoms with Gasteiger partial charge in [0.2, 0.25) is 5.13 Å². The molecule has 1 aliphatic rings. The molecule has 1 saturated heterocycles. The predicted molar refractivity (Wildman–Crippen MR) is 113 cm³/mol. The van der Waals surface area contributed by atoms with Gasteiger partial charge in [-0.2, -0.15) is 4.37 Å². The Labute approximate surface area is 178 Å². The number of ether oxygens (including phenoxy) is 1. The van der Waals surface area contributed by atoms with E-state index in [4.69, 9.17) is 16.3 Å². The van der Waals surface area contributed by atoms with E-state index in [-0.39, 0.29) is 21.2 Å². The van der Waals surface area contributed by atoms with Crippen LogP contribution in [0, 0.1) is 0 Å². The molecule has 1 fully saturated rings. The Morgan fingerprint density at radius 3 is 2.79 bits per heavy atom. The van der Waals surface area contributed by atoms with E-state index in [9.17, 15) is 8.42 Å². The first kappa shape index (κ1) is 20.1. The third-order valence-electron chi connectivity index (χ3n) is 4.57. The van der Waals surface area contributed by atoms with Crippen molar-refractivity contribution in [3.63, 3.8) is 0 Å². The second-order valence-electron chi connectivity index (χ2n) is 6.69. The summed E-state index contributed by atoms with van der Waals surface area (Å²) in [5.41, 5.74) is 1.27. The first-order valence-corrected chi connectivity index (χ1v) is 11.6. The molecule has 2 aromatic carbocycles. The van der Waals surface area contributed by atoms with Crippen molar-refractivity contribution in [2.75, 3.05) is 17.8 Å². The van der Waals surface area contributed by atoms with Crippen molar-refractivity contribution >= 4 is 38.3 Å². The van der Waals surface area contributed by atoms with Gasteiger partial charge in [-0.1, -0.05) is 41.9 Å². The quantitative estimate of drug-likeness (QED) is 0.591. The van der Waals surface area contributed by atoms with E-state index in [0.29, 0.717) is 5.75 Å². The van der Waals surface area contributed by atoms with Gasteiger partial charge in [0.05, 0.1) is 9.92 Å². The van der Waals surface area contributed by atoms with Crippen LogP contribution in [-0.4, -0.2) is 41.9 Å². The fourth-order valence-electron chi connectivity index (χ4n) is 3.19. The SMILES string of the molecule is O=S(=O)(Nc1ncns1)c1ccc(O[C@H]2CCN(Cc3ccccc3)C2)c(Cl)c1. The van der Waals surface area contributed by atoms with Crippen molar-refractivity contribution in [1.29, 1.82) is 0 Å². The van der Waals surface area contributed by atoms with E-state index in [2.05, 4.69) is 31.1 Å². The molecule has 0 amide bonds. The van der Waals surface area contributed by atoms with Crippen LogP contribution in [0.2, 0.25) is 5.02 Å². The highest BCUT2D eigenvalue weighted by atomic mass is 35.5. The van der Waals surface area contributed by atoms with E-state index in [1.807, 2.05) is 18.2 Å². The van der Waals surface area contributed by atoms with Gasteiger partial charge >= 0.3 is 0 Å². The molecule has 10 heteroatoms. The van der Waals surface area contributed by atoms with Gasteiger partial charge in [-0.15, -0.1) is 0 Å². The number of benzene rings is 2. The summed E-state index contributed by atoms with van der Waals surface area (Å²) in [6, 6.07) is 14.8. The van der Waals surface area contributed by atoms with Crippen LogP contribution in [0.4, 0.5) is 5.13 Å². The molecule has 4 rings (SSSR count). The topological polar surface area (TPSA) is 84.4 Å². The fraction of sp³-hybridized carbons (Fsp3) is 0.263. The highest BCUT2D eigenvalue weighted by Gasteiger charge is 2.25. The zero-order valence-corrected chi connectivity index (χ0v) is 17.8. The van der Waals surface area contributed by atoms with Crippen molar-refractivity contribution < 1.29 is 13.2 Å². The number of nitrogens with zero attached hydrogens (tertiary/aromatic N) is 3. The fourth-order valence-corrected chi connectivity index (χ4v) is 5.17. The van der Waals surface area contributed by atoms with Crippen LogP contribution in [-0.2, 0) is 16.6 Å². The monoisotopic (exact) mass is 450 g/mol. The summed E-state index contributed by atoms with van der Waals surface area (Å²) in [6.07, 6.45) is 2.19. The number of halogens is 1. The number of anilines is 1. The van der Waals surface area contributed by atoms with E-state index in [1.54, 1.807) is 6.07 Å². The Kier molecular flexibility index (Phi) is 6.00. The number of likely N-dealkylation sites (tertiary alicyclic amines) is 1. The lowest BCUT2D eigenvalue weighted by molar-refractivity contribution is 0.198. The molecule has 0 unspecified atom stereocenters. The standard InChI is InChI=1S/C19H19ClN4O3S2/c20-17-10-16(29(25,26)23-19-21-13-22-28-19)6-7-18(17)27-15-8-9-24(12-15)11-14-4-2-1-3-5-14/h1-7,10,13,15H,8-9,11-12H2,(H,21,22,23)/t15-/m0/s1. The van der Waals surface area contributed by atoms with Gasteiger partial charge in [0, 0.05) is 31.2 Å². The largest absolute Gasteiger partial charge is 0.487 e. The van der Waals surface area contributed by atoms with Crippen LogP contribution in [0.15, 0.2) is 59.8 Å². The van der Waals surface area contributed by atoms with Crippen molar-refractivity contribution in [1.82, 2.24) is 14.3 Å². The van der Waals surface area contributed by atoms with Crippen LogP contribution in [0.5, 0.6) is 5.75 Å². The summed E-state index contributed by atoms with van der Waals surface area (Å²) >= 11 is 7.27. The summed E-state index contributed by atoms with van der Waals surface area (Å²) in [6.45, 7) is 2.61. The Morgan fingerprint density at radius 2 is 2.07 bits per heavy atom. The van der Waals surface area contributed by atoms with Gasteiger partial charge in [-0.05, 0) is 30.2 Å². The minimum absolute atomic E-state index is 0.0122. The molecule has 3 aromatic rings. The maximum atomic E-state index is 12.4. The van der Waals surface area contributed by atoms with Gasteiger partial charge in [-0.25, -0.2) is 13.4 Å². The zero-order valence-electron chi connectivity index (χ0n) is 15.4. The maximum Gasteiger partial charge on any atom is 0.263 e. The molecule has 7 nitrogen and oxygen atoms in total. The lowest BCUT2D eigenvalue weighted by Crippen LogP contribution is -2.24. The normalized spacial score (nSPS) is 17.3. The molecule has 152 valence electrons. The highest BCUT2D eigenvalue weighted by Crippen LogP contribution is 2.30. The minimum atomic E-state index is -3.78. The minimum Gasteiger partial charge on any atom is -0.487 e. The van der Waals surface area contributed by atoms with Crippen LogP contribution in [0.3, 0.4) is 0 Å². The van der Waals surface area contributed by atoms with E-state index < -0.39 is 10.0 Å². The average molecular weight is 451 g/mol. The molecule has 29 heavy (non-hydrogen) atoms. The molecular formula is C19H19ClN4O3S2. The van der Waals surface area contributed by atoms with Crippen LogP contribution < -0.4 is 9.46 Å². The third-order valence-corrected chi connectivity index (χ3v) is 6.91. The molecule has 1 N–H and O–H groups in total. The molecule has 2 heterocycles. The molecule has 0 saturated carbocycles. The zero-order chi connectivity index (χ0) is 20.3. The van der Waals surface area contributed by atoms with Crippen LogP contribution in [0.1, 0.15) is 12.0 Å². The van der Waals surface area contributed by atoms with Crippen molar-refractivity contribution in [3.05, 3.63) is 65.4 Å². The van der Waals surface area contributed by atoms with Gasteiger partial charge < -0.3 is 4.74 Å². The summed E-state index contributed by atoms with van der Waals surface area (Å²) in [7, 11) is -3.78. The molecule has 0 aliphatic carbocycles. The molecule has 0 bridgehead atoms. The Balaban J connectivity index is 1.39. The average Bonchev–Trinajstić information content (AvgIpc) is 3.36. The van der Waals surface area contributed by atoms with Crippen molar-refractivity contribution in [2.24, 2.45) is 0 Å². The highest BCUT2D eigenvalue weighted by molar-refractivity contribution is 7.93. The molecule has 1 aromatic heterocycles. The summed E-state index contributed by atoms with van der Waals surface area (Å²) < 4.78 is 37.1. The van der Waals surface area contributed by atoms with Gasteiger partial charge in [-0.3, -0.25) is 9.62 Å². The number of aromatic nitrogens is 2. The first-order chi connectivity index (χ1) is 14.0. The summed E-state index contributed by atoms with van der Waals surface area (Å²) in [5, 5.41) is 0.456. The van der Waals surface area contributed by atoms with Gasteiger partial charge in [0.25, 0.3) is 10.0 Å². The molecule has 1 aliphatic heterocycles. The van der Waals surface area contributed by atoms with Crippen molar-refractivity contribution in [3.8, 4) is 5.75 Å². The molecule has 0 spiro atoms. The second kappa shape index (κ2) is 8.66. The maximum absolute atomic E-state index is 12.4. The number of rotatable bonds is 7. The van der Waals surface area contributed by atoms with Gasteiger partial charge in [0.15, 0.2) is 0 Å². The second-order valence-corrected chi connectivity index (χ2v) is 9.56. The van der Waals surface area contributed by atoms with Crippen molar-refractivity contribution in [2.45, 2.75) is 24.0 Å². The molecule has 1 atom stereocenters. The number of nitrogens with one attached hydrogen (secondary N) is 1. The number of sulfonamides is 1.